The molecule has 0 radical (unpaired) electrons. The van der Waals surface area contributed by atoms with Crippen LogP contribution in [0.4, 0.5) is 4.79 Å². The van der Waals surface area contributed by atoms with E-state index in [-0.39, 0.29) is 29.0 Å². The molecular weight excluding hydrogens is 408 g/mol. The van der Waals surface area contributed by atoms with Gasteiger partial charge in [-0.3, -0.25) is 0 Å². The van der Waals surface area contributed by atoms with Gasteiger partial charge in [-0.15, -0.1) is 0 Å². The average molecular weight is 428 g/mol. The molecule has 162 valence electrons. The molecule has 1 aromatic carbocycles. The zero-order chi connectivity index (χ0) is 22.4. The van der Waals surface area contributed by atoms with E-state index in [1.807, 2.05) is 0 Å². The van der Waals surface area contributed by atoms with Crippen LogP contribution in [0.5, 0.6) is 0 Å². The average Bonchev–Trinajstić information content (AvgIpc) is 3.31. The van der Waals surface area contributed by atoms with Gasteiger partial charge in [0.1, 0.15) is 18.4 Å². The molecule has 0 bridgehead atoms. The van der Waals surface area contributed by atoms with Gasteiger partial charge in [0.25, 0.3) is 0 Å². The molecule has 1 aliphatic rings. The van der Waals surface area contributed by atoms with Crippen molar-refractivity contribution in [3.8, 4) is 0 Å². The Morgan fingerprint density at radius 3 is 2.26 bits per heavy atom. The number of benzene rings is 1. The third-order valence-corrected chi connectivity index (χ3v) is 4.37. The van der Waals surface area contributed by atoms with Crippen LogP contribution in [0.2, 0.25) is 0 Å². The van der Waals surface area contributed by atoms with Gasteiger partial charge in [-0.2, -0.15) is 0 Å². The van der Waals surface area contributed by atoms with Crippen LogP contribution in [0.3, 0.4) is 0 Å². The van der Waals surface area contributed by atoms with E-state index in [0.29, 0.717) is 5.76 Å². The van der Waals surface area contributed by atoms with Crippen LogP contribution in [-0.2, 0) is 19.0 Å². The van der Waals surface area contributed by atoms with E-state index in [9.17, 15) is 19.2 Å². The lowest BCUT2D eigenvalue weighted by Crippen LogP contribution is -2.47. The van der Waals surface area contributed by atoms with Crippen molar-refractivity contribution >= 4 is 23.9 Å². The summed E-state index contributed by atoms with van der Waals surface area (Å²) in [6.07, 6.45) is 1.41. The van der Waals surface area contributed by atoms with Crippen LogP contribution in [0.15, 0.2) is 58.3 Å². The number of esters is 3. The second-order valence-corrected chi connectivity index (χ2v) is 6.30. The SMILES string of the molecule is CCOC(=O)C1=C(COC(=O)c2ccc(C(=O)OC)cc2)NC(=O)NC1c1ccco1. The third kappa shape index (κ3) is 4.92. The van der Waals surface area contributed by atoms with Gasteiger partial charge < -0.3 is 29.3 Å². The van der Waals surface area contributed by atoms with Crippen LogP contribution < -0.4 is 10.6 Å². The fourth-order valence-corrected chi connectivity index (χ4v) is 2.93. The lowest BCUT2D eigenvalue weighted by molar-refractivity contribution is -0.139. The molecule has 2 heterocycles. The first-order valence-corrected chi connectivity index (χ1v) is 9.31. The van der Waals surface area contributed by atoms with E-state index in [1.54, 1.807) is 19.1 Å². The molecular formula is C21H20N2O8. The molecule has 2 N–H and O–H groups in total. The van der Waals surface area contributed by atoms with Crippen LogP contribution in [-0.4, -0.2) is 44.3 Å². The van der Waals surface area contributed by atoms with Crippen molar-refractivity contribution in [2.75, 3.05) is 20.3 Å². The Kier molecular flexibility index (Phi) is 6.71. The summed E-state index contributed by atoms with van der Waals surface area (Å²) in [6.45, 7) is 1.37. The molecule has 1 unspecified atom stereocenters. The summed E-state index contributed by atoms with van der Waals surface area (Å²) in [4.78, 5) is 48.6. The smallest absolute Gasteiger partial charge is 0.338 e. The lowest BCUT2D eigenvalue weighted by atomic mass is 10.0. The van der Waals surface area contributed by atoms with Crippen molar-refractivity contribution in [1.29, 1.82) is 0 Å². The molecule has 2 aromatic rings. The predicted molar refractivity (Wildman–Crippen MR) is 105 cm³/mol. The lowest BCUT2D eigenvalue weighted by Gasteiger charge is -2.27. The molecule has 10 heteroatoms. The van der Waals surface area contributed by atoms with Crippen LogP contribution in [0.25, 0.3) is 0 Å². The monoisotopic (exact) mass is 428 g/mol. The second-order valence-electron chi connectivity index (χ2n) is 6.30. The van der Waals surface area contributed by atoms with Gasteiger partial charge in [0, 0.05) is 0 Å². The highest BCUT2D eigenvalue weighted by Crippen LogP contribution is 2.28. The zero-order valence-electron chi connectivity index (χ0n) is 16.8. The number of carbonyl (C=O) groups is 4. The maximum absolute atomic E-state index is 12.6. The Morgan fingerprint density at radius 2 is 1.68 bits per heavy atom. The number of hydrogen-bond donors (Lipinski definition) is 2. The highest BCUT2D eigenvalue weighted by Gasteiger charge is 2.35. The van der Waals surface area contributed by atoms with E-state index in [4.69, 9.17) is 13.9 Å². The second kappa shape index (κ2) is 9.61. The number of rotatable bonds is 7. The van der Waals surface area contributed by atoms with Gasteiger partial charge in [-0.1, -0.05) is 0 Å². The predicted octanol–water partition coefficient (Wildman–Crippen LogP) is 2.09. The minimum atomic E-state index is -0.907. The maximum atomic E-state index is 12.6. The highest BCUT2D eigenvalue weighted by molar-refractivity contribution is 5.96. The quantitative estimate of drug-likeness (QED) is 0.506. The summed E-state index contributed by atoms with van der Waals surface area (Å²) in [5.74, 6) is -1.62. The van der Waals surface area contributed by atoms with Crippen molar-refractivity contribution in [2.45, 2.75) is 13.0 Å². The topological polar surface area (TPSA) is 133 Å². The molecule has 1 atom stereocenters. The number of nitrogens with one attached hydrogen (secondary N) is 2. The number of methoxy groups -OCH3 is 1. The summed E-state index contributed by atoms with van der Waals surface area (Å²) in [6, 6.07) is 7.37. The first-order valence-electron chi connectivity index (χ1n) is 9.31. The van der Waals surface area contributed by atoms with Crippen molar-refractivity contribution < 1.29 is 37.8 Å². The summed E-state index contributed by atoms with van der Waals surface area (Å²) < 4.78 is 20.3. The van der Waals surface area contributed by atoms with Gasteiger partial charge in [-0.25, -0.2) is 19.2 Å². The Hall–Kier alpha value is -4.08. The molecule has 3 rings (SSSR count). The van der Waals surface area contributed by atoms with E-state index in [0.717, 1.165) is 0 Å². The molecule has 0 saturated carbocycles. The maximum Gasteiger partial charge on any atom is 0.338 e. The molecule has 0 saturated heterocycles. The van der Waals surface area contributed by atoms with Gasteiger partial charge in [-0.05, 0) is 43.3 Å². The Balaban J connectivity index is 1.82. The van der Waals surface area contributed by atoms with Crippen LogP contribution >= 0.6 is 0 Å². The minimum Gasteiger partial charge on any atom is -0.467 e. The van der Waals surface area contributed by atoms with Gasteiger partial charge in [0.15, 0.2) is 0 Å². The normalized spacial score (nSPS) is 15.5. The summed E-state index contributed by atoms with van der Waals surface area (Å²) >= 11 is 0. The highest BCUT2D eigenvalue weighted by atomic mass is 16.5. The number of carbonyl (C=O) groups excluding carboxylic acids is 4. The number of urea groups is 1. The van der Waals surface area contributed by atoms with Gasteiger partial charge in [0.05, 0.1) is 42.4 Å². The Labute approximate surface area is 177 Å². The largest absolute Gasteiger partial charge is 0.467 e. The van der Waals surface area contributed by atoms with Gasteiger partial charge >= 0.3 is 23.9 Å². The number of furan rings is 1. The summed E-state index contributed by atoms with van der Waals surface area (Å²) in [5.41, 5.74) is 0.584. The molecule has 31 heavy (non-hydrogen) atoms. The Bertz CT molecular complexity index is 1010. The number of hydrogen-bond acceptors (Lipinski definition) is 8. The molecule has 1 aliphatic heterocycles. The summed E-state index contributed by atoms with van der Waals surface area (Å²) in [7, 11) is 1.25. The van der Waals surface area contributed by atoms with Crippen molar-refractivity contribution in [3.63, 3.8) is 0 Å². The number of ether oxygens (including phenoxy) is 3. The fraction of sp³-hybridized carbons (Fsp3) is 0.238. The first kappa shape index (κ1) is 21.6. The zero-order valence-corrected chi connectivity index (χ0v) is 16.8. The molecule has 1 aromatic heterocycles. The standard InChI is InChI=1S/C21H20N2O8/c1-3-29-20(26)16-14(22-21(27)23-17(16)15-5-4-10-30-15)11-31-19(25)13-8-6-12(7-9-13)18(24)28-2/h4-10,17H,3,11H2,1-2H3,(H2,22,23,27). The van der Waals surface area contributed by atoms with Crippen LogP contribution in [0, 0.1) is 0 Å². The fourth-order valence-electron chi connectivity index (χ4n) is 2.93. The Morgan fingerprint density at radius 1 is 1.00 bits per heavy atom. The van der Waals surface area contributed by atoms with Gasteiger partial charge in [0.2, 0.25) is 0 Å². The third-order valence-electron chi connectivity index (χ3n) is 4.37. The molecule has 0 fully saturated rings. The number of amides is 2. The van der Waals surface area contributed by atoms with Crippen molar-refractivity contribution in [3.05, 3.63) is 70.8 Å². The van der Waals surface area contributed by atoms with Crippen LogP contribution in [0.1, 0.15) is 39.4 Å². The molecule has 10 nitrogen and oxygen atoms in total. The summed E-state index contributed by atoms with van der Waals surface area (Å²) in [5, 5.41) is 5.08. The van der Waals surface area contributed by atoms with E-state index in [2.05, 4.69) is 15.4 Å². The van der Waals surface area contributed by atoms with E-state index >= 15 is 0 Å². The minimum absolute atomic E-state index is 0.0604. The van der Waals surface area contributed by atoms with Crippen molar-refractivity contribution in [1.82, 2.24) is 10.6 Å². The van der Waals surface area contributed by atoms with E-state index < -0.39 is 36.6 Å². The molecule has 2 amide bonds. The molecule has 0 spiro atoms. The first-order chi connectivity index (χ1) is 14.9. The van der Waals surface area contributed by atoms with E-state index in [1.165, 1.54) is 37.6 Å². The van der Waals surface area contributed by atoms with Crippen molar-refractivity contribution in [2.24, 2.45) is 0 Å². The molecule has 0 aliphatic carbocycles.